The Hall–Kier alpha value is -3.62. The number of para-hydroxylation sites is 1. The highest BCUT2D eigenvalue weighted by molar-refractivity contribution is 9.10. The van der Waals surface area contributed by atoms with Gasteiger partial charge in [-0.05, 0) is 64.8 Å². The molecule has 0 aliphatic heterocycles. The van der Waals surface area contributed by atoms with Crippen LogP contribution in [0.2, 0.25) is 5.02 Å². The van der Waals surface area contributed by atoms with Gasteiger partial charge in [0.15, 0.2) is 18.1 Å². The monoisotopic (exact) mass is 567 g/mol. The molecular formula is C27H23BrClN3O4. The number of hydrogen-bond acceptors (Lipinski definition) is 6. The Kier molecular flexibility index (Phi) is 8.76. The fourth-order valence-electron chi connectivity index (χ4n) is 3.31. The maximum Gasteiger partial charge on any atom is 0.277 e. The topological polar surface area (TPSA) is 82.0 Å². The van der Waals surface area contributed by atoms with E-state index in [9.17, 15) is 4.79 Å². The van der Waals surface area contributed by atoms with E-state index >= 15 is 0 Å². The molecule has 0 atom stereocenters. The van der Waals surface area contributed by atoms with Crippen LogP contribution in [0.4, 0.5) is 0 Å². The lowest BCUT2D eigenvalue weighted by Gasteiger charge is -2.14. The number of halogens is 2. The van der Waals surface area contributed by atoms with Gasteiger partial charge in [0.1, 0.15) is 17.9 Å². The number of nitrogens with one attached hydrogen (secondary N) is 1. The van der Waals surface area contributed by atoms with E-state index in [1.54, 1.807) is 24.4 Å². The third-order valence-electron chi connectivity index (χ3n) is 5.02. The van der Waals surface area contributed by atoms with Crippen molar-refractivity contribution >= 4 is 50.6 Å². The predicted molar refractivity (Wildman–Crippen MR) is 144 cm³/mol. The third kappa shape index (κ3) is 6.74. The SMILES string of the molecule is CCOc1cc(/C=N/NC(=O)COc2cccc3cccnc23)c(Br)cc1OCc1ccc(Cl)cc1. The largest absolute Gasteiger partial charge is 0.490 e. The van der Waals surface area contributed by atoms with Crippen molar-refractivity contribution in [2.75, 3.05) is 13.2 Å². The molecule has 0 unspecified atom stereocenters. The van der Waals surface area contributed by atoms with Gasteiger partial charge < -0.3 is 14.2 Å². The number of aromatic nitrogens is 1. The van der Waals surface area contributed by atoms with Gasteiger partial charge in [-0.1, -0.05) is 41.9 Å². The zero-order valence-electron chi connectivity index (χ0n) is 19.4. The van der Waals surface area contributed by atoms with Crippen LogP contribution in [0.5, 0.6) is 17.2 Å². The average Bonchev–Trinajstić information content (AvgIpc) is 2.89. The highest BCUT2D eigenvalue weighted by atomic mass is 79.9. The summed E-state index contributed by atoms with van der Waals surface area (Å²) in [6, 6.07) is 20.4. The van der Waals surface area contributed by atoms with Gasteiger partial charge in [0.25, 0.3) is 5.91 Å². The maximum atomic E-state index is 12.3. The summed E-state index contributed by atoms with van der Waals surface area (Å²) in [7, 11) is 0. The molecule has 0 radical (unpaired) electrons. The molecule has 36 heavy (non-hydrogen) atoms. The summed E-state index contributed by atoms with van der Waals surface area (Å²) in [4.78, 5) is 16.6. The van der Waals surface area contributed by atoms with E-state index in [1.165, 1.54) is 6.21 Å². The van der Waals surface area contributed by atoms with E-state index in [0.717, 1.165) is 15.4 Å². The molecule has 3 aromatic carbocycles. The molecule has 1 amide bonds. The summed E-state index contributed by atoms with van der Waals surface area (Å²) in [5.41, 5.74) is 4.86. The number of benzene rings is 3. The van der Waals surface area contributed by atoms with Gasteiger partial charge in [-0.2, -0.15) is 5.10 Å². The van der Waals surface area contributed by atoms with E-state index < -0.39 is 5.91 Å². The number of rotatable bonds is 10. The minimum absolute atomic E-state index is 0.199. The van der Waals surface area contributed by atoms with Crippen LogP contribution in [0.1, 0.15) is 18.1 Å². The number of hydrogen-bond donors (Lipinski definition) is 1. The zero-order chi connectivity index (χ0) is 25.3. The minimum Gasteiger partial charge on any atom is -0.490 e. The Bertz CT molecular complexity index is 1370. The van der Waals surface area contributed by atoms with Crippen LogP contribution >= 0.6 is 27.5 Å². The summed E-state index contributed by atoms with van der Waals surface area (Å²) in [6.45, 7) is 2.52. The number of hydrazone groups is 1. The highest BCUT2D eigenvalue weighted by Crippen LogP contribution is 2.34. The first-order chi connectivity index (χ1) is 17.5. The molecule has 7 nitrogen and oxygen atoms in total. The second-order valence-corrected chi connectivity index (χ2v) is 8.87. The van der Waals surface area contributed by atoms with Gasteiger partial charge >= 0.3 is 0 Å². The average molecular weight is 569 g/mol. The molecule has 1 N–H and O–H groups in total. The van der Waals surface area contributed by atoms with Gasteiger partial charge in [0.2, 0.25) is 0 Å². The lowest BCUT2D eigenvalue weighted by Crippen LogP contribution is -2.24. The van der Waals surface area contributed by atoms with E-state index in [1.807, 2.05) is 55.5 Å². The minimum atomic E-state index is -0.400. The summed E-state index contributed by atoms with van der Waals surface area (Å²) >= 11 is 9.48. The standard InChI is InChI=1S/C27H23BrClN3O4/c1-2-34-24-13-20(22(28)14-25(24)35-16-18-8-10-21(29)11-9-18)15-31-32-26(33)17-36-23-7-3-5-19-6-4-12-30-27(19)23/h3-15H,2,16-17H2,1H3,(H,32,33)/b31-15+. The second-order valence-electron chi connectivity index (χ2n) is 7.58. The summed E-state index contributed by atoms with van der Waals surface area (Å²) in [6.07, 6.45) is 3.20. The van der Waals surface area contributed by atoms with E-state index in [-0.39, 0.29) is 6.61 Å². The molecule has 0 saturated heterocycles. The van der Waals surface area contributed by atoms with Crippen molar-refractivity contribution in [3.8, 4) is 17.2 Å². The van der Waals surface area contributed by atoms with Crippen molar-refractivity contribution in [2.24, 2.45) is 5.10 Å². The summed E-state index contributed by atoms with van der Waals surface area (Å²) in [5.74, 6) is 1.28. The summed E-state index contributed by atoms with van der Waals surface area (Å²) < 4.78 is 18.1. The van der Waals surface area contributed by atoms with E-state index in [0.29, 0.717) is 46.6 Å². The van der Waals surface area contributed by atoms with Crippen molar-refractivity contribution in [3.05, 3.63) is 93.5 Å². The third-order valence-corrected chi connectivity index (χ3v) is 5.96. The number of nitrogens with zero attached hydrogens (tertiary/aromatic N) is 2. The van der Waals surface area contributed by atoms with Crippen LogP contribution in [-0.4, -0.2) is 30.3 Å². The van der Waals surface area contributed by atoms with Gasteiger partial charge in [0, 0.05) is 26.6 Å². The molecule has 1 heterocycles. The zero-order valence-corrected chi connectivity index (χ0v) is 21.8. The predicted octanol–water partition coefficient (Wildman–Crippen LogP) is 6.16. The van der Waals surface area contributed by atoms with Crippen molar-refractivity contribution in [1.82, 2.24) is 10.4 Å². The Balaban J connectivity index is 1.37. The quantitative estimate of drug-likeness (QED) is 0.183. The molecule has 0 bridgehead atoms. The van der Waals surface area contributed by atoms with Crippen molar-refractivity contribution < 1.29 is 19.0 Å². The maximum absolute atomic E-state index is 12.3. The first kappa shape index (κ1) is 25.5. The normalized spacial score (nSPS) is 11.0. The van der Waals surface area contributed by atoms with Crippen LogP contribution in [0.3, 0.4) is 0 Å². The molecule has 0 aliphatic carbocycles. The molecule has 1 aromatic heterocycles. The molecule has 0 fully saturated rings. The lowest BCUT2D eigenvalue weighted by atomic mass is 10.2. The first-order valence-corrected chi connectivity index (χ1v) is 12.3. The van der Waals surface area contributed by atoms with Crippen LogP contribution in [0, 0.1) is 0 Å². The van der Waals surface area contributed by atoms with E-state index in [2.05, 4.69) is 31.4 Å². The Labute approximate surface area is 222 Å². The van der Waals surface area contributed by atoms with Gasteiger partial charge in [-0.25, -0.2) is 5.43 Å². The Morgan fingerprint density at radius 3 is 2.61 bits per heavy atom. The summed E-state index contributed by atoms with van der Waals surface area (Å²) in [5, 5.41) is 5.66. The number of amides is 1. The number of carbonyl (C=O) groups is 1. The molecule has 4 aromatic rings. The van der Waals surface area contributed by atoms with Crippen LogP contribution in [-0.2, 0) is 11.4 Å². The van der Waals surface area contributed by atoms with Crippen molar-refractivity contribution in [3.63, 3.8) is 0 Å². The van der Waals surface area contributed by atoms with Crippen LogP contribution in [0.15, 0.2) is 82.5 Å². The lowest BCUT2D eigenvalue weighted by molar-refractivity contribution is -0.123. The molecule has 9 heteroatoms. The van der Waals surface area contributed by atoms with Gasteiger partial charge in [0.05, 0.1) is 12.8 Å². The highest BCUT2D eigenvalue weighted by Gasteiger charge is 2.11. The van der Waals surface area contributed by atoms with Gasteiger partial charge in [-0.15, -0.1) is 0 Å². The molecule has 184 valence electrons. The Morgan fingerprint density at radius 1 is 1.03 bits per heavy atom. The fraction of sp³-hybridized carbons (Fsp3) is 0.148. The second kappa shape index (κ2) is 12.4. The van der Waals surface area contributed by atoms with Gasteiger partial charge in [-0.3, -0.25) is 9.78 Å². The van der Waals surface area contributed by atoms with Crippen LogP contribution in [0.25, 0.3) is 10.9 Å². The van der Waals surface area contributed by atoms with Crippen LogP contribution < -0.4 is 19.6 Å². The molecule has 0 aliphatic rings. The number of pyridine rings is 1. The van der Waals surface area contributed by atoms with E-state index in [4.69, 9.17) is 25.8 Å². The number of carbonyl (C=O) groups excluding carboxylic acids is 1. The number of fused-ring (bicyclic) bond motifs is 1. The number of ether oxygens (including phenoxy) is 3. The Morgan fingerprint density at radius 2 is 1.81 bits per heavy atom. The fourth-order valence-corrected chi connectivity index (χ4v) is 3.87. The molecule has 0 spiro atoms. The van der Waals surface area contributed by atoms with Crippen molar-refractivity contribution in [1.29, 1.82) is 0 Å². The molecule has 0 saturated carbocycles. The molecular weight excluding hydrogens is 546 g/mol. The smallest absolute Gasteiger partial charge is 0.277 e. The van der Waals surface area contributed by atoms with Crippen molar-refractivity contribution in [2.45, 2.75) is 13.5 Å². The first-order valence-electron chi connectivity index (χ1n) is 11.2. The molecule has 4 rings (SSSR count).